The number of hydrogen-bond acceptors (Lipinski definition) is 2. The topological polar surface area (TPSA) is 29.5 Å². The third kappa shape index (κ3) is 2.88. The van der Waals surface area contributed by atoms with Crippen LogP contribution in [-0.2, 0) is 0 Å². The minimum atomic E-state index is -0.882. The van der Waals surface area contributed by atoms with E-state index in [0.29, 0.717) is 27.5 Å². The van der Waals surface area contributed by atoms with Crippen LogP contribution in [0.4, 0.5) is 4.39 Å². The molecular formula is C15H14ClFO2. The van der Waals surface area contributed by atoms with Gasteiger partial charge < -0.3 is 9.84 Å². The third-order valence-corrected chi connectivity index (χ3v) is 3.25. The maximum Gasteiger partial charge on any atom is 0.126 e. The number of benzene rings is 2. The van der Waals surface area contributed by atoms with Gasteiger partial charge in [-0.2, -0.15) is 0 Å². The first-order chi connectivity index (χ1) is 9.02. The molecule has 0 saturated carbocycles. The molecule has 0 fully saturated rings. The zero-order valence-corrected chi connectivity index (χ0v) is 11.4. The zero-order chi connectivity index (χ0) is 14.0. The number of methoxy groups -OCH3 is 1. The molecule has 100 valence electrons. The van der Waals surface area contributed by atoms with Crippen molar-refractivity contribution in [3.8, 4) is 5.75 Å². The molecular weight excluding hydrogens is 267 g/mol. The van der Waals surface area contributed by atoms with E-state index in [2.05, 4.69) is 0 Å². The van der Waals surface area contributed by atoms with Gasteiger partial charge in [0.15, 0.2) is 0 Å². The van der Waals surface area contributed by atoms with Crippen LogP contribution in [0.15, 0.2) is 36.4 Å². The summed E-state index contributed by atoms with van der Waals surface area (Å²) in [5, 5.41) is 11.0. The molecule has 0 heterocycles. The second kappa shape index (κ2) is 5.59. The Morgan fingerprint density at radius 3 is 2.47 bits per heavy atom. The van der Waals surface area contributed by atoms with Crippen LogP contribution in [0.5, 0.6) is 5.75 Å². The molecule has 0 bridgehead atoms. The van der Waals surface area contributed by atoms with Crippen molar-refractivity contribution in [3.05, 3.63) is 63.9 Å². The van der Waals surface area contributed by atoms with Crippen molar-refractivity contribution >= 4 is 11.6 Å². The lowest BCUT2D eigenvalue weighted by molar-refractivity contribution is 0.214. The molecule has 0 spiro atoms. The number of aryl methyl sites for hydroxylation is 1. The molecule has 0 aliphatic rings. The average Bonchev–Trinajstić information content (AvgIpc) is 2.37. The molecule has 1 unspecified atom stereocenters. The minimum absolute atomic E-state index is 0.323. The molecule has 4 heteroatoms. The number of aliphatic hydroxyl groups excluding tert-OH is 1. The molecule has 0 aliphatic carbocycles. The molecule has 0 saturated heterocycles. The number of aliphatic hydroxyl groups is 1. The van der Waals surface area contributed by atoms with Crippen molar-refractivity contribution in [1.82, 2.24) is 0 Å². The van der Waals surface area contributed by atoms with Gasteiger partial charge in [0.1, 0.15) is 17.7 Å². The lowest BCUT2D eigenvalue weighted by Gasteiger charge is -2.17. The molecule has 0 amide bonds. The molecule has 0 aromatic heterocycles. The first-order valence-corrected chi connectivity index (χ1v) is 6.18. The molecule has 19 heavy (non-hydrogen) atoms. The summed E-state index contributed by atoms with van der Waals surface area (Å²) in [6.07, 6.45) is -0.882. The van der Waals surface area contributed by atoms with Crippen LogP contribution >= 0.6 is 11.6 Å². The van der Waals surface area contributed by atoms with Crippen molar-refractivity contribution in [3.63, 3.8) is 0 Å². The lowest BCUT2D eigenvalue weighted by Crippen LogP contribution is -2.04. The number of halogens is 2. The monoisotopic (exact) mass is 280 g/mol. The van der Waals surface area contributed by atoms with Gasteiger partial charge in [-0.1, -0.05) is 23.7 Å². The SMILES string of the molecule is COc1cc(Cl)ccc1C(O)c1ccc(F)cc1C. The van der Waals surface area contributed by atoms with Crippen molar-refractivity contribution in [2.45, 2.75) is 13.0 Å². The molecule has 2 aromatic carbocycles. The van der Waals surface area contributed by atoms with Crippen LogP contribution in [0.1, 0.15) is 22.8 Å². The Morgan fingerprint density at radius 2 is 1.84 bits per heavy atom. The van der Waals surface area contributed by atoms with E-state index in [4.69, 9.17) is 16.3 Å². The predicted octanol–water partition coefficient (Wildman–Crippen LogP) is 3.88. The highest BCUT2D eigenvalue weighted by molar-refractivity contribution is 6.30. The summed E-state index contributed by atoms with van der Waals surface area (Å²) in [4.78, 5) is 0. The highest BCUT2D eigenvalue weighted by Crippen LogP contribution is 2.33. The maximum absolute atomic E-state index is 13.1. The Hall–Kier alpha value is -1.58. The highest BCUT2D eigenvalue weighted by atomic mass is 35.5. The number of hydrogen-bond donors (Lipinski definition) is 1. The standard InChI is InChI=1S/C15H14ClFO2/c1-9-7-11(17)4-6-12(9)15(18)13-5-3-10(16)8-14(13)19-2/h3-8,15,18H,1-2H3. The van der Waals surface area contributed by atoms with E-state index in [1.165, 1.54) is 19.2 Å². The van der Waals surface area contributed by atoms with Gasteiger partial charge in [-0.25, -0.2) is 4.39 Å². The Morgan fingerprint density at radius 1 is 1.16 bits per heavy atom. The van der Waals surface area contributed by atoms with Gasteiger partial charge in [0.25, 0.3) is 0 Å². The van der Waals surface area contributed by atoms with Crippen molar-refractivity contribution in [1.29, 1.82) is 0 Å². The maximum atomic E-state index is 13.1. The fourth-order valence-electron chi connectivity index (χ4n) is 2.02. The van der Waals surface area contributed by atoms with E-state index in [-0.39, 0.29) is 5.82 Å². The fourth-order valence-corrected chi connectivity index (χ4v) is 2.19. The quantitative estimate of drug-likeness (QED) is 0.924. The molecule has 2 rings (SSSR count). The first-order valence-electron chi connectivity index (χ1n) is 5.80. The first kappa shape index (κ1) is 13.8. The van der Waals surface area contributed by atoms with Crippen molar-refractivity contribution in [2.75, 3.05) is 7.11 Å². The van der Waals surface area contributed by atoms with Crippen molar-refractivity contribution in [2.24, 2.45) is 0 Å². The van der Waals surface area contributed by atoms with Crippen LogP contribution in [-0.4, -0.2) is 12.2 Å². The van der Waals surface area contributed by atoms with Crippen LogP contribution in [0.25, 0.3) is 0 Å². The van der Waals surface area contributed by atoms with Gasteiger partial charge in [-0.15, -0.1) is 0 Å². The van der Waals surface area contributed by atoms with Crippen LogP contribution in [0.3, 0.4) is 0 Å². The van der Waals surface area contributed by atoms with E-state index in [9.17, 15) is 9.50 Å². The summed E-state index contributed by atoms with van der Waals surface area (Å²) < 4.78 is 18.3. The van der Waals surface area contributed by atoms with Gasteiger partial charge in [0.2, 0.25) is 0 Å². The largest absolute Gasteiger partial charge is 0.496 e. The van der Waals surface area contributed by atoms with E-state index in [1.54, 1.807) is 31.2 Å². The van der Waals surface area contributed by atoms with Crippen LogP contribution in [0.2, 0.25) is 5.02 Å². The van der Waals surface area contributed by atoms with Gasteiger partial charge in [0, 0.05) is 10.6 Å². The van der Waals surface area contributed by atoms with Gasteiger partial charge in [-0.05, 0) is 42.3 Å². The van der Waals surface area contributed by atoms with Crippen molar-refractivity contribution < 1.29 is 14.2 Å². The van der Waals surface area contributed by atoms with Crippen LogP contribution < -0.4 is 4.74 Å². The minimum Gasteiger partial charge on any atom is -0.496 e. The molecule has 2 aromatic rings. The molecule has 1 atom stereocenters. The molecule has 2 nitrogen and oxygen atoms in total. The average molecular weight is 281 g/mol. The van der Waals surface area contributed by atoms with E-state index < -0.39 is 6.10 Å². The van der Waals surface area contributed by atoms with Gasteiger partial charge in [-0.3, -0.25) is 0 Å². The van der Waals surface area contributed by atoms with E-state index in [0.717, 1.165) is 0 Å². The second-order valence-corrected chi connectivity index (χ2v) is 4.73. The van der Waals surface area contributed by atoms with Gasteiger partial charge >= 0.3 is 0 Å². The van der Waals surface area contributed by atoms with E-state index in [1.807, 2.05) is 0 Å². The molecule has 0 radical (unpaired) electrons. The number of ether oxygens (including phenoxy) is 1. The molecule has 0 aliphatic heterocycles. The van der Waals surface area contributed by atoms with Gasteiger partial charge in [0.05, 0.1) is 7.11 Å². The summed E-state index contributed by atoms with van der Waals surface area (Å²) in [5.74, 6) is 0.181. The predicted molar refractivity (Wildman–Crippen MR) is 73.2 cm³/mol. The summed E-state index contributed by atoms with van der Waals surface area (Å²) in [5.41, 5.74) is 1.92. The summed E-state index contributed by atoms with van der Waals surface area (Å²) in [6, 6.07) is 9.31. The zero-order valence-electron chi connectivity index (χ0n) is 10.7. The third-order valence-electron chi connectivity index (χ3n) is 3.02. The highest BCUT2D eigenvalue weighted by Gasteiger charge is 2.17. The smallest absolute Gasteiger partial charge is 0.126 e. The fraction of sp³-hybridized carbons (Fsp3) is 0.200. The Bertz CT molecular complexity index is 599. The lowest BCUT2D eigenvalue weighted by atomic mass is 9.97. The Kier molecular flexibility index (Phi) is 4.08. The van der Waals surface area contributed by atoms with Crippen LogP contribution in [0, 0.1) is 12.7 Å². The summed E-state index contributed by atoms with van der Waals surface area (Å²) >= 11 is 5.89. The molecule has 1 N–H and O–H groups in total. The Balaban J connectivity index is 2.46. The normalized spacial score (nSPS) is 12.3. The Labute approximate surface area is 116 Å². The second-order valence-electron chi connectivity index (χ2n) is 4.29. The summed E-state index contributed by atoms with van der Waals surface area (Å²) in [6.45, 7) is 1.75. The summed E-state index contributed by atoms with van der Waals surface area (Å²) in [7, 11) is 1.51. The number of rotatable bonds is 3. The van der Waals surface area contributed by atoms with E-state index >= 15 is 0 Å².